The van der Waals surface area contributed by atoms with Gasteiger partial charge < -0.3 is 4.74 Å². The second kappa shape index (κ2) is 5.19. The number of aryl methyl sites for hydroxylation is 2. The highest BCUT2D eigenvalue weighted by Crippen LogP contribution is 2.25. The van der Waals surface area contributed by atoms with Crippen LogP contribution in [0, 0.1) is 36.5 Å². The molecule has 0 bridgehead atoms. The van der Waals surface area contributed by atoms with Crippen LogP contribution in [0.15, 0.2) is 12.1 Å². The first-order chi connectivity index (χ1) is 7.62. The molecule has 0 saturated carbocycles. The molecule has 1 aromatic carbocycles. The van der Waals surface area contributed by atoms with Crippen molar-refractivity contribution in [2.75, 3.05) is 0 Å². The van der Waals surface area contributed by atoms with Crippen LogP contribution in [0.2, 0.25) is 0 Å². The first-order valence-electron chi connectivity index (χ1n) is 5.20. The zero-order valence-electron chi connectivity index (χ0n) is 9.74. The molecule has 1 atom stereocenters. The summed E-state index contributed by atoms with van der Waals surface area (Å²) in [4.78, 5) is 0. The molecule has 0 heterocycles. The van der Waals surface area contributed by atoms with Gasteiger partial charge in [0.2, 0.25) is 0 Å². The lowest BCUT2D eigenvalue weighted by atomic mass is 10.1. The van der Waals surface area contributed by atoms with Gasteiger partial charge in [0.25, 0.3) is 0 Å². The molecule has 3 nitrogen and oxygen atoms in total. The molecule has 0 N–H and O–H groups in total. The Bertz CT molecular complexity index is 443. The van der Waals surface area contributed by atoms with Crippen molar-refractivity contribution in [2.24, 2.45) is 0 Å². The molecule has 0 aliphatic carbocycles. The Labute approximate surface area is 95.9 Å². The van der Waals surface area contributed by atoms with Crippen molar-refractivity contribution in [3.8, 4) is 17.9 Å². The fraction of sp³-hybridized carbons (Fsp3) is 0.385. The molecular formula is C13H14N2O. The van der Waals surface area contributed by atoms with Crippen LogP contribution < -0.4 is 4.74 Å². The van der Waals surface area contributed by atoms with Gasteiger partial charge >= 0.3 is 0 Å². The summed E-state index contributed by atoms with van der Waals surface area (Å²) in [7, 11) is 0. The molecule has 16 heavy (non-hydrogen) atoms. The molecule has 1 unspecified atom stereocenters. The molecule has 1 aromatic rings. The number of benzene rings is 1. The van der Waals surface area contributed by atoms with Crippen LogP contribution >= 0.6 is 0 Å². The minimum atomic E-state index is -0.426. The summed E-state index contributed by atoms with van der Waals surface area (Å²) in [6.45, 7) is 5.67. The highest BCUT2D eigenvalue weighted by atomic mass is 16.5. The second-order valence-corrected chi connectivity index (χ2v) is 3.69. The normalized spacial score (nSPS) is 11.3. The van der Waals surface area contributed by atoms with Crippen molar-refractivity contribution in [3.05, 3.63) is 28.8 Å². The van der Waals surface area contributed by atoms with Crippen molar-refractivity contribution in [1.82, 2.24) is 0 Å². The second-order valence-electron chi connectivity index (χ2n) is 3.69. The summed E-state index contributed by atoms with van der Waals surface area (Å²) in [5, 5.41) is 17.7. The lowest BCUT2D eigenvalue weighted by molar-refractivity contribution is 0.248. The van der Waals surface area contributed by atoms with Gasteiger partial charge in [-0.25, -0.2) is 0 Å². The third kappa shape index (κ3) is 2.52. The Morgan fingerprint density at radius 1 is 1.25 bits per heavy atom. The zero-order chi connectivity index (χ0) is 12.1. The minimum Gasteiger partial charge on any atom is -0.475 e. The predicted octanol–water partition coefficient (Wildman–Crippen LogP) is 2.86. The third-order valence-electron chi connectivity index (χ3n) is 2.36. The van der Waals surface area contributed by atoms with E-state index in [9.17, 15) is 0 Å². The van der Waals surface area contributed by atoms with Crippen molar-refractivity contribution in [3.63, 3.8) is 0 Å². The number of hydrogen-bond donors (Lipinski definition) is 0. The van der Waals surface area contributed by atoms with E-state index in [0.717, 1.165) is 11.1 Å². The van der Waals surface area contributed by atoms with Crippen LogP contribution in [0.25, 0.3) is 0 Å². The van der Waals surface area contributed by atoms with E-state index < -0.39 is 6.10 Å². The van der Waals surface area contributed by atoms with E-state index in [1.807, 2.05) is 20.8 Å². The van der Waals surface area contributed by atoms with Crippen LogP contribution in [0.3, 0.4) is 0 Å². The van der Waals surface area contributed by atoms with E-state index in [1.165, 1.54) is 0 Å². The number of nitriles is 2. The maximum absolute atomic E-state index is 8.84. The van der Waals surface area contributed by atoms with E-state index in [1.54, 1.807) is 12.1 Å². The van der Waals surface area contributed by atoms with Crippen LogP contribution in [0.1, 0.15) is 30.0 Å². The molecule has 0 amide bonds. The fourth-order valence-electron chi connectivity index (χ4n) is 1.54. The van der Waals surface area contributed by atoms with Crippen LogP contribution in [-0.2, 0) is 0 Å². The highest BCUT2D eigenvalue weighted by Gasteiger charge is 2.11. The van der Waals surface area contributed by atoms with Crippen molar-refractivity contribution >= 4 is 0 Å². The summed E-state index contributed by atoms with van der Waals surface area (Å²) in [6.07, 6.45) is 0.223. The molecule has 0 aliphatic heterocycles. The third-order valence-corrected chi connectivity index (χ3v) is 2.36. The van der Waals surface area contributed by atoms with Gasteiger partial charge in [-0.3, -0.25) is 0 Å². The first-order valence-corrected chi connectivity index (χ1v) is 5.20. The van der Waals surface area contributed by atoms with E-state index in [-0.39, 0.29) is 0 Å². The molecule has 3 heteroatoms. The molecule has 82 valence electrons. The molecule has 0 aliphatic rings. The summed E-state index contributed by atoms with van der Waals surface area (Å²) < 4.78 is 5.60. The van der Waals surface area contributed by atoms with E-state index in [2.05, 4.69) is 12.1 Å². The summed E-state index contributed by atoms with van der Waals surface area (Å²) >= 11 is 0. The summed E-state index contributed by atoms with van der Waals surface area (Å²) in [5.41, 5.74) is 2.41. The molecule has 0 saturated heterocycles. The van der Waals surface area contributed by atoms with Crippen molar-refractivity contribution in [1.29, 1.82) is 10.5 Å². The molecule has 0 radical (unpaired) electrons. The molecule has 0 aromatic heterocycles. The monoisotopic (exact) mass is 214 g/mol. The average Bonchev–Trinajstić information content (AvgIpc) is 2.28. The van der Waals surface area contributed by atoms with Gasteiger partial charge in [-0.15, -0.1) is 0 Å². The Hall–Kier alpha value is -2.00. The molecule has 1 rings (SSSR count). The maximum Gasteiger partial charge on any atom is 0.184 e. The summed E-state index contributed by atoms with van der Waals surface area (Å²) in [5.74, 6) is 0.715. The largest absolute Gasteiger partial charge is 0.475 e. The van der Waals surface area contributed by atoms with E-state index in [4.69, 9.17) is 15.3 Å². The van der Waals surface area contributed by atoms with Gasteiger partial charge in [-0.2, -0.15) is 10.5 Å². The molecular weight excluding hydrogens is 200 g/mol. The van der Waals surface area contributed by atoms with Crippen LogP contribution in [0.5, 0.6) is 5.75 Å². The highest BCUT2D eigenvalue weighted by molar-refractivity contribution is 5.47. The van der Waals surface area contributed by atoms with E-state index in [0.29, 0.717) is 17.7 Å². The molecule has 0 spiro atoms. The number of ether oxygens (including phenoxy) is 1. The number of hydrogen-bond acceptors (Lipinski definition) is 3. The quantitative estimate of drug-likeness (QED) is 0.777. The topological polar surface area (TPSA) is 56.8 Å². The minimum absolute atomic E-state index is 0.426. The first kappa shape index (κ1) is 12.1. The van der Waals surface area contributed by atoms with Gasteiger partial charge in [0.1, 0.15) is 11.8 Å². The van der Waals surface area contributed by atoms with E-state index >= 15 is 0 Å². The summed E-state index contributed by atoms with van der Waals surface area (Å²) in [6, 6.07) is 7.73. The van der Waals surface area contributed by atoms with Gasteiger partial charge in [-0.05, 0) is 43.5 Å². The Kier molecular flexibility index (Phi) is 3.91. The predicted molar refractivity (Wildman–Crippen MR) is 61.0 cm³/mol. The van der Waals surface area contributed by atoms with Crippen molar-refractivity contribution in [2.45, 2.75) is 33.3 Å². The Morgan fingerprint density at radius 2 is 1.81 bits per heavy atom. The van der Waals surface area contributed by atoms with Crippen LogP contribution in [0.4, 0.5) is 0 Å². The lowest BCUT2D eigenvalue weighted by Gasteiger charge is -2.15. The van der Waals surface area contributed by atoms with Crippen LogP contribution in [-0.4, -0.2) is 6.10 Å². The Balaban J connectivity index is 3.07. The lowest BCUT2D eigenvalue weighted by Crippen LogP contribution is -2.13. The SMILES string of the molecule is CCC(C#N)Oc1c(C)cc(C#N)cc1C. The number of nitrogens with zero attached hydrogens (tertiary/aromatic N) is 2. The fourth-order valence-corrected chi connectivity index (χ4v) is 1.54. The Morgan fingerprint density at radius 3 is 2.19 bits per heavy atom. The van der Waals surface area contributed by atoms with Gasteiger partial charge in [0, 0.05) is 0 Å². The smallest absolute Gasteiger partial charge is 0.184 e. The zero-order valence-corrected chi connectivity index (χ0v) is 9.74. The van der Waals surface area contributed by atoms with Gasteiger partial charge in [0.05, 0.1) is 11.6 Å². The standard InChI is InChI=1S/C13H14N2O/c1-4-12(8-15)16-13-9(2)5-11(7-14)6-10(13)3/h5-6,12H,4H2,1-3H3. The molecule has 0 fully saturated rings. The average molecular weight is 214 g/mol. The van der Waals surface area contributed by atoms with Gasteiger partial charge in [-0.1, -0.05) is 6.92 Å². The maximum atomic E-state index is 8.84. The number of rotatable bonds is 3. The van der Waals surface area contributed by atoms with Gasteiger partial charge in [0.15, 0.2) is 6.10 Å². The van der Waals surface area contributed by atoms with Crippen molar-refractivity contribution < 1.29 is 4.74 Å².